The van der Waals surface area contributed by atoms with Crippen molar-refractivity contribution in [2.24, 2.45) is 5.73 Å². The molecule has 0 aliphatic heterocycles. The number of fused-ring (bicyclic) bond motifs is 1. The van der Waals surface area contributed by atoms with Crippen molar-refractivity contribution in [3.8, 4) is 5.75 Å². The van der Waals surface area contributed by atoms with Gasteiger partial charge in [-0.2, -0.15) is 0 Å². The van der Waals surface area contributed by atoms with E-state index in [0.29, 0.717) is 0 Å². The van der Waals surface area contributed by atoms with Gasteiger partial charge >= 0.3 is 0 Å². The number of aromatic nitrogens is 2. The summed E-state index contributed by atoms with van der Waals surface area (Å²) in [6.07, 6.45) is 0. The van der Waals surface area contributed by atoms with Crippen LogP contribution in [-0.2, 0) is 0 Å². The number of rotatable bonds is 2. The molecule has 4 nitrogen and oxygen atoms in total. The van der Waals surface area contributed by atoms with Crippen LogP contribution in [0.25, 0.3) is 11.0 Å². The number of nitrogens with one attached hydrogen (secondary N) is 1. The normalized spacial score (nSPS) is 13.1. The maximum absolute atomic E-state index is 5.77. The highest BCUT2D eigenvalue weighted by Gasteiger charge is 2.12. The molecule has 0 unspecified atom stereocenters. The highest BCUT2D eigenvalue weighted by molar-refractivity contribution is 9.10. The van der Waals surface area contributed by atoms with Crippen LogP contribution in [-0.4, -0.2) is 17.1 Å². The Bertz CT molecular complexity index is 493. The van der Waals surface area contributed by atoms with Crippen molar-refractivity contribution in [2.75, 3.05) is 7.11 Å². The van der Waals surface area contributed by atoms with Gasteiger partial charge in [-0.1, -0.05) is 0 Å². The van der Waals surface area contributed by atoms with Crippen LogP contribution in [0.5, 0.6) is 5.75 Å². The molecule has 1 aromatic carbocycles. The SMILES string of the molecule is COc1ccc(Br)c2nc([C@@H](C)N)[nH]c12. The Labute approximate surface area is 96.0 Å². The number of halogens is 1. The van der Waals surface area contributed by atoms with E-state index in [1.54, 1.807) is 7.11 Å². The first-order chi connectivity index (χ1) is 7.13. The summed E-state index contributed by atoms with van der Waals surface area (Å²) >= 11 is 3.44. The number of nitrogens with two attached hydrogens (primary N) is 1. The van der Waals surface area contributed by atoms with Gasteiger partial charge in [-0.05, 0) is 35.0 Å². The highest BCUT2D eigenvalue weighted by Crippen LogP contribution is 2.30. The zero-order chi connectivity index (χ0) is 11.0. The molecule has 0 saturated heterocycles. The lowest BCUT2D eigenvalue weighted by Crippen LogP contribution is -2.06. The van der Waals surface area contributed by atoms with E-state index in [9.17, 15) is 0 Å². The lowest BCUT2D eigenvalue weighted by molar-refractivity contribution is 0.419. The number of benzene rings is 1. The monoisotopic (exact) mass is 269 g/mol. The lowest BCUT2D eigenvalue weighted by Gasteiger charge is -2.01. The topological polar surface area (TPSA) is 63.9 Å². The van der Waals surface area contributed by atoms with E-state index >= 15 is 0 Å². The van der Waals surface area contributed by atoms with Crippen molar-refractivity contribution in [3.05, 3.63) is 22.4 Å². The molecule has 0 saturated carbocycles. The third-order valence-electron chi connectivity index (χ3n) is 2.23. The maximum Gasteiger partial charge on any atom is 0.144 e. The molecule has 0 amide bonds. The zero-order valence-corrected chi connectivity index (χ0v) is 10.1. The minimum Gasteiger partial charge on any atom is -0.494 e. The van der Waals surface area contributed by atoms with Crippen molar-refractivity contribution in [2.45, 2.75) is 13.0 Å². The molecular formula is C10H12BrN3O. The molecule has 5 heteroatoms. The van der Waals surface area contributed by atoms with E-state index in [1.807, 2.05) is 19.1 Å². The van der Waals surface area contributed by atoms with Gasteiger partial charge in [-0.25, -0.2) is 4.98 Å². The van der Waals surface area contributed by atoms with Gasteiger partial charge in [-0.3, -0.25) is 0 Å². The molecule has 0 radical (unpaired) electrons. The predicted octanol–water partition coefficient (Wildman–Crippen LogP) is 2.35. The van der Waals surface area contributed by atoms with Crippen molar-refractivity contribution < 1.29 is 4.74 Å². The summed E-state index contributed by atoms with van der Waals surface area (Å²) in [4.78, 5) is 7.58. The Morgan fingerprint density at radius 3 is 2.87 bits per heavy atom. The lowest BCUT2D eigenvalue weighted by atomic mass is 10.3. The standard InChI is InChI=1S/C10H12BrN3O/c1-5(12)10-13-8-6(11)3-4-7(15-2)9(8)14-10/h3-5H,12H2,1-2H3,(H,13,14)/t5-/m1/s1. The maximum atomic E-state index is 5.77. The average molecular weight is 270 g/mol. The molecular weight excluding hydrogens is 258 g/mol. The van der Waals surface area contributed by atoms with Crippen molar-refractivity contribution in [1.82, 2.24) is 9.97 Å². The summed E-state index contributed by atoms with van der Waals surface area (Å²) in [7, 11) is 1.63. The summed E-state index contributed by atoms with van der Waals surface area (Å²) < 4.78 is 6.17. The summed E-state index contributed by atoms with van der Waals surface area (Å²) in [5.41, 5.74) is 7.49. The van der Waals surface area contributed by atoms with Gasteiger partial charge in [0.2, 0.25) is 0 Å². The van der Waals surface area contributed by atoms with Crippen LogP contribution in [0.1, 0.15) is 18.8 Å². The third kappa shape index (κ3) is 1.72. The number of imidazole rings is 1. The Balaban J connectivity index is 2.72. The smallest absolute Gasteiger partial charge is 0.144 e. The highest BCUT2D eigenvalue weighted by atomic mass is 79.9. The molecule has 2 rings (SSSR count). The molecule has 3 N–H and O–H groups in total. The minimum absolute atomic E-state index is 0.117. The first-order valence-corrected chi connectivity index (χ1v) is 5.40. The fourth-order valence-electron chi connectivity index (χ4n) is 1.44. The molecule has 15 heavy (non-hydrogen) atoms. The van der Waals surface area contributed by atoms with E-state index in [0.717, 1.165) is 27.1 Å². The Hall–Kier alpha value is -1.07. The summed E-state index contributed by atoms with van der Waals surface area (Å²) in [6.45, 7) is 1.89. The molecule has 0 aliphatic rings. The Morgan fingerprint density at radius 1 is 1.53 bits per heavy atom. The van der Waals surface area contributed by atoms with Crippen LogP contribution in [0.3, 0.4) is 0 Å². The van der Waals surface area contributed by atoms with E-state index in [2.05, 4.69) is 25.9 Å². The number of H-pyrrole nitrogens is 1. The van der Waals surface area contributed by atoms with Gasteiger partial charge in [-0.15, -0.1) is 0 Å². The van der Waals surface area contributed by atoms with Crippen LogP contribution < -0.4 is 10.5 Å². The summed E-state index contributed by atoms with van der Waals surface area (Å²) in [5, 5.41) is 0. The molecule has 0 aliphatic carbocycles. The molecule has 1 atom stereocenters. The predicted molar refractivity (Wildman–Crippen MR) is 62.9 cm³/mol. The second-order valence-electron chi connectivity index (χ2n) is 3.38. The number of nitrogens with zero attached hydrogens (tertiary/aromatic N) is 1. The fraction of sp³-hybridized carbons (Fsp3) is 0.300. The molecule has 1 aromatic heterocycles. The van der Waals surface area contributed by atoms with Crippen LogP contribution in [0, 0.1) is 0 Å². The molecule has 0 spiro atoms. The molecule has 0 bridgehead atoms. The number of ether oxygens (including phenoxy) is 1. The number of hydrogen-bond donors (Lipinski definition) is 2. The largest absolute Gasteiger partial charge is 0.494 e. The summed E-state index contributed by atoms with van der Waals surface area (Å²) in [6, 6.07) is 3.68. The van der Waals surface area contributed by atoms with Gasteiger partial charge in [0, 0.05) is 4.47 Å². The fourth-order valence-corrected chi connectivity index (χ4v) is 1.86. The molecule has 2 aromatic rings. The first-order valence-electron chi connectivity index (χ1n) is 4.61. The average Bonchev–Trinajstić information content (AvgIpc) is 2.64. The first kappa shape index (κ1) is 10.4. The van der Waals surface area contributed by atoms with Gasteiger partial charge < -0.3 is 15.5 Å². The number of hydrogen-bond acceptors (Lipinski definition) is 3. The van der Waals surface area contributed by atoms with Crippen molar-refractivity contribution in [1.29, 1.82) is 0 Å². The molecule has 0 fully saturated rings. The second-order valence-corrected chi connectivity index (χ2v) is 4.24. The van der Waals surface area contributed by atoms with Gasteiger partial charge in [0.1, 0.15) is 22.6 Å². The minimum atomic E-state index is -0.117. The molecule has 1 heterocycles. The van der Waals surface area contributed by atoms with Gasteiger partial charge in [0.25, 0.3) is 0 Å². The number of aromatic amines is 1. The van der Waals surface area contributed by atoms with Crippen molar-refractivity contribution >= 4 is 27.0 Å². The number of methoxy groups -OCH3 is 1. The summed E-state index contributed by atoms with van der Waals surface area (Å²) in [5.74, 6) is 1.53. The Morgan fingerprint density at radius 2 is 2.27 bits per heavy atom. The van der Waals surface area contributed by atoms with Gasteiger partial charge in [0.15, 0.2) is 0 Å². The van der Waals surface area contributed by atoms with Crippen LogP contribution >= 0.6 is 15.9 Å². The van der Waals surface area contributed by atoms with Crippen molar-refractivity contribution in [3.63, 3.8) is 0 Å². The quantitative estimate of drug-likeness (QED) is 0.880. The van der Waals surface area contributed by atoms with Crippen LogP contribution in [0.15, 0.2) is 16.6 Å². The van der Waals surface area contributed by atoms with Crippen LogP contribution in [0.2, 0.25) is 0 Å². The van der Waals surface area contributed by atoms with Crippen LogP contribution in [0.4, 0.5) is 0 Å². The van der Waals surface area contributed by atoms with Gasteiger partial charge in [0.05, 0.1) is 13.2 Å². The molecule has 80 valence electrons. The van der Waals surface area contributed by atoms with E-state index in [1.165, 1.54) is 0 Å². The van der Waals surface area contributed by atoms with E-state index in [-0.39, 0.29) is 6.04 Å². The zero-order valence-electron chi connectivity index (χ0n) is 8.54. The van der Waals surface area contributed by atoms with E-state index < -0.39 is 0 Å². The van der Waals surface area contributed by atoms with E-state index in [4.69, 9.17) is 10.5 Å². The second kappa shape index (κ2) is 3.83. The third-order valence-corrected chi connectivity index (χ3v) is 2.87. The Kier molecular flexibility index (Phi) is 2.67.